The number of hydrogen-bond donors (Lipinski definition) is 3. The van der Waals surface area contributed by atoms with Gasteiger partial charge in [-0.05, 0) is 43.7 Å². The monoisotopic (exact) mass is 347 g/mol. The first-order valence-corrected chi connectivity index (χ1v) is 7.78. The number of carbonyl (C=O) groups excluding carboxylic acids is 2. The quantitative estimate of drug-likeness (QED) is 0.752. The third-order valence-corrected chi connectivity index (χ3v) is 3.48. The van der Waals surface area contributed by atoms with Crippen LogP contribution in [0.25, 0.3) is 0 Å². The SMILES string of the molecule is CCNC(=O)c1ccc(C)c(NCC(=O)Nc2ccc(F)c(F)c2)c1. The molecule has 0 aliphatic carbocycles. The topological polar surface area (TPSA) is 70.2 Å². The van der Waals surface area contributed by atoms with Crippen LogP contribution in [0.5, 0.6) is 0 Å². The normalized spacial score (nSPS) is 10.2. The van der Waals surface area contributed by atoms with Crippen molar-refractivity contribution in [3.05, 3.63) is 59.2 Å². The molecule has 0 spiro atoms. The molecule has 7 heteroatoms. The van der Waals surface area contributed by atoms with Crippen molar-refractivity contribution in [3.8, 4) is 0 Å². The molecule has 2 aromatic rings. The van der Waals surface area contributed by atoms with Crippen LogP contribution in [0.4, 0.5) is 20.2 Å². The molecule has 0 atom stereocenters. The van der Waals surface area contributed by atoms with Gasteiger partial charge in [0.15, 0.2) is 11.6 Å². The fraction of sp³-hybridized carbons (Fsp3) is 0.222. The smallest absolute Gasteiger partial charge is 0.251 e. The summed E-state index contributed by atoms with van der Waals surface area (Å²) in [7, 11) is 0. The highest BCUT2D eigenvalue weighted by atomic mass is 19.2. The van der Waals surface area contributed by atoms with E-state index in [1.165, 1.54) is 6.07 Å². The first-order valence-electron chi connectivity index (χ1n) is 7.78. The molecule has 0 saturated carbocycles. The summed E-state index contributed by atoms with van der Waals surface area (Å²) in [5.41, 5.74) is 2.16. The molecule has 0 aromatic heterocycles. The van der Waals surface area contributed by atoms with Crippen LogP contribution in [0.1, 0.15) is 22.8 Å². The van der Waals surface area contributed by atoms with Crippen LogP contribution in [-0.2, 0) is 4.79 Å². The van der Waals surface area contributed by atoms with Gasteiger partial charge in [0.25, 0.3) is 5.91 Å². The zero-order valence-electron chi connectivity index (χ0n) is 14.0. The van der Waals surface area contributed by atoms with E-state index in [1.54, 1.807) is 18.2 Å². The molecule has 2 amide bonds. The Balaban J connectivity index is 2.00. The molecule has 0 bridgehead atoms. The molecule has 0 fully saturated rings. The highest BCUT2D eigenvalue weighted by molar-refractivity contribution is 5.96. The van der Waals surface area contributed by atoms with E-state index in [2.05, 4.69) is 16.0 Å². The Bertz CT molecular complexity index is 794. The number of nitrogens with one attached hydrogen (secondary N) is 3. The van der Waals surface area contributed by atoms with E-state index in [-0.39, 0.29) is 18.1 Å². The number of anilines is 2. The molecule has 0 saturated heterocycles. The van der Waals surface area contributed by atoms with Crippen molar-refractivity contribution in [1.82, 2.24) is 5.32 Å². The molecule has 132 valence electrons. The maximum Gasteiger partial charge on any atom is 0.251 e. The summed E-state index contributed by atoms with van der Waals surface area (Å²) in [6.07, 6.45) is 0. The van der Waals surface area contributed by atoms with Gasteiger partial charge in [0.05, 0.1) is 6.54 Å². The number of hydrogen-bond acceptors (Lipinski definition) is 3. The van der Waals surface area contributed by atoms with Gasteiger partial charge in [-0.2, -0.15) is 0 Å². The van der Waals surface area contributed by atoms with E-state index in [0.717, 1.165) is 17.7 Å². The van der Waals surface area contributed by atoms with Crippen molar-refractivity contribution in [3.63, 3.8) is 0 Å². The van der Waals surface area contributed by atoms with Crippen LogP contribution < -0.4 is 16.0 Å². The van der Waals surface area contributed by atoms with Gasteiger partial charge < -0.3 is 16.0 Å². The lowest BCUT2D eigenvalue weighted by atomic mass is 10.1. The first-order chi connectivity index (χ1) is 11.9. The largest absolute Gasteiger partial charge is 0.376 e. The van der Waals surface area contributed by atoms with Gasteiger partial charge in [0, 0.05) is 29.5 Å². The van der Waals surface area contributed by atoms with Crippen molar-refractivity contribution in [2.75, 3.05) is 23.7 Å². The van der Waals surface area contributed by atoms with Gasteiger partial charge in [-0.3, -0.25) is 9.59 Å². The van der Waals surface area contributed by atoms with Crippen LogP contribution in [0.15, 0.2) is 36.4 Å². The Morgan fingerprint density at radius 1 is 1.04 bits per heavy atom. The van der Waals surface area contributed by atoms with Crippen LogP contribution in [0.2, 0.25) is 0 Å². The minimum atomic E-state index is -1.03. The molecular weight excluding hydrogens is 328 g/mol. The predicted molar refractivity (Wildman–Crippen MR) is 92.7 cm³/mol. The lowest BCUT2D eigenvalue weighted by molar-refractivity contribution is -0.114. The lowest BCUT2D eigenvalue weighted by Crippen LogP contribution is -2.24. The predicted octanol–water partition coefficient (Wildman–Crippen LogP) is 3.07. The van der Waals surface area contributed by atoms with Crippen molar-refractivity contribution in [2.24, 2.45) is 0 Å². The van der Waals surface area contributed by atoms with Crippen molar-refractivity contribution in [1.29, 1.82) is 0 Å². The van der Waals surface area contributed by atoms with E-state index in [0.29, 0.717) is 17.8 Å². The third kappa shape index (κ3) is 5.00. The van der Waals surface area contributed by atoms with Gasteiger partial charge in [0.2, 0.25) is 5.91 Å². The van der Waals surface area contributed by atoms with Gasteiger partial charge in [-0.1, -0.05) is 6.07 Å². The second-order valence-corrected chi connectivity index (χ2v) is 5.42. The number of halogens is 2. The lowest BCUT2D eigenvalue weighted by Gasteiger charge is -2.12. The summed E-state index contributed by atoms with van der Waals surface area (Å²) in [4.78, 5) is 23.8. The fourth-order valence-electron chi connectivity index (χ4n) is 2.17. The van der Waals surface area contributed by atoms with E-state index >= 15 is 0 Å². The third-order valence-electron chi connectivity index (χ3n) is 3.48. The summed E-state index contributed by atoms with van der Waals surface area (Å²) in [6.45, 7) is 4.11. The molecule has 0 unspecified atom stereocenters. The fourth-order valence-corrected chi connectivity index (χ4v) is 2.17. The minimum absolute atomic E-state index is 0.0846. The highest BCUT2D eigenvalue weighted by Crippen LogP contribution is 2.17. The molecule has 2 aromatic carbocycles. The number of benzene rings is 2. The summed E-state index contributed by atoms with van der Waals surface area (Å²) >= 11 is 0. The Kier molecular flexibility index (Phi) is 6.05. The zero-order chi connectivity index (χ0) is 18.4. The van der Waals surface area contributed by atoms with Gasteiger partial charge in [0.1, 0.15) is 0 Å². The maximum atomic E-state index is 13.1. The van der Waals surface area contributed by atoms with E-state index < -0.39 is 17.5 Å². The van der Waals surface area contributed by atoms with Gasteiger partial charge in [-0.15, -0.1) is 0 Å². The van der Waals surface area contributed by atoms with E-state index in [9.17, 15) is 18.4 Å². The average Bonchev–Trinajstić information content (AvgIpc) is 2.57. The second-order valence-electron chi connectivity index (χ2n) is 5.42. The van der Waals surface area contributed by atoms with Gasteiger partial charge in [-0.25, -0.2) is 8.78 Å². The van der Waals surface area contributed by atoms with Crippen LogP contribution in [0.3, 0.4) is 0 Å². The second kappa shape index (κ2) is 8.23. The molecule has 0 aliphatic rings. The molecule has 3 N–H and O–H groups in total. The van der Waals surface area contributed by atoms with Crippen molar-refractivity contribution in [2.45, 2.75) is 13.8 Å². The zero-order valence-corrected chi connectivity index (χ0v) is 14.0. The average molecular weight is 347 g/mol. The molecule has 0 radical (unpaired) electrons. The molecule has 2 rings (SSSR count). The molecular formula is C18H19F2N3O2. The number of rotatable bonds is 6. The van der Waals surface area contributed by atoms with Gasteiger partial charge >= 0.3 is 0 Å². The summed E-state index contributed by atoms with van der Waals surface area (Å²) in [6, 6.07) is 8.27. The van der Waals surface area contributed by atoms with Crippen molar-refractivity contribution < 1.29 is 18.4 Å². The Morgan fingerprint density at radius 2 is 1.80 bits per heavy atom. The first kappa shape index (κ1) is 18.4. The van der Waals surface area contributed by atoms with Crippen molar-refractivity contribution >= 4 is 23.2 Å². The van der Waals surface area contributed by atoms with E-state index in [4.69, 9.17) is 0 Å². The molecule has 5 nitrogen and oxygen atoms in total. The molecule has 0 aliphatic heterocycles. The van der Waals surface area contributed by atoms with Crippen LogP contribution in [0, 0.1) is 18.6 Å². The summed E-state index contributed by atoms with van der Waals surface area (Å²) in [5, 5.41) is 8.11. The molecule has 0 heterocycles. The van der Waals surface area contributed by atoms with E-state index in [1.807, 2.05) is 13.8 Å². The number of amides is 2. The maximum absolute atomic E-state index is 13.1. The minimum Gasteiger partial charge on any atom is -0.376 e. The summed E-state index contributed by atoms with van der Waals surface area (Å²) in [5.74, 6) is -2.63. The Labute approximate surface area is 144 Å². The number of carbonyl (C=O) groups is 2. The summed E-state index contributed by atoms with van der Waals surface area (Å²) < 4.78 is 26.0. The van der Waals surface area contributed by atoms with Crippen LogP contribution >= 0.6 is 0 Å². The molecule has 25 heavy (non-hydrogen) atoms. The Hall–Kier alpha value is -2.96. The number of aryl methyl sites for hydroxylation is 1. The Morgan fingerprint density at radius 3 is 2.48 bits per heavy atom. The van der Waals surface area contributed by atoms with Crippen LogP contribution in [-0.4, -0.2) is 24.9 Å². The highest BCUT2D eigenvalue weighted by Gasteiger charge is 2.09. The standard InChI is InChI=1S/C18H19F2N3O2/c1-3-21-18(25)12-5-4-11(2)16(8-12)22-10-17(24)23-13-6-7-14(19)15(20)9-13/h4-9,22H,3,10H2,1-2H3,(H,21,25)(H,23,24).